The first-order valence-electron chi connectivity index (χ1n) is 6.49. The van der Waals surface area contributed by atoms with E-state index in [4.69, 9.17) is 0 Å². The maximum Gasteiger partial charge on any atom is 0.393 e. The van der Waals surface area contributed by atoms with E-state index in [-0.39, 0.29) is 13.0 Å². The predicted octanol–water partition coefficient (Wildman–Crippen LogP) is 2.65. The molecule has 0 amide bonds. The van der Waals surface area contributed by atoms with E-state index in [1.165, 1.54) is 0 Å². The summed E-state index contributed by atoms with van der Waals surface area (Å²) in [5.41, 5.74) is 0. The van der Waals surface area contributed by atoms with Crippen molar-refractivity contribution in [2.75, 3.05) is 26.2 Å². The minimum absolute atomic E-state index is 0.172. The van der Waals surface area contributed by atoms with Gasteiger partial charge in [0.2, 0.25) is 0 Å². The van der Waals surface area contributed by atoms with Crippen LogP contribution in [0.2, 0.25) is 0 Å². The second-order valence-electron chi connectivity index (χ2n) is 4.80. The quantitative estimate of drug-likeness (QED) is 0.809. The normalized spacial score (nSPS) is 24.9. The van der Waals surface area contributed by atoms with Crippen LogP contribution < -0.4 is 5.32 Å². The molecule has 5 heteroatoms. The van der Waals surface area contributed by atoms with Crippen LogP contribution in [0.3, 0.4) is 0 Å². The van der Waals surface area contributed by atoms with Gasteiger partial charge in [-0.05, 0) is 32.4 Å². The molecule has 0 aromatic heterocycles. The number of likely N-dealkylation sites (N-methyl/N-ethyl adjacent to an activating group) is 1. The number of piperidine rings is 1. The van der Waals surface area contributed by atoms with Crippen molar-refractivity contribution in [3.63, 3.8) is 0 Å². The van der Waals surface area contributed by atoms with E-state index in [1.54, 1.807) is 0 Å². The lowest BCUT2D eigenvalue weighted by Crippen LogP contribution is -2.47. The van der Waals surface area contributed by atoms with Crippen molar-refractivity contribution < 1.29 is 13.2 Å². The molecule has 0 saturated carbocycles. The number of hydrogen-bond donors (Lipinski definition) is 1. The average molecular weight is 252 g/mol. The maximum absolute atomic E-state index is 12.6. The number of nitrogens with zero attached hydrogens (tertiary/aromatic N) is 1. The highest BCUT2D eigenvalue weighted by atomic mass is 19.4. The second kappa shape index (κ2) is 6.59. The zero-order valence-corrected chi connectivity index (χ0v) is 10.7. The summed E-state index contributed by atoms with van der Waals surface area (Å²) in [7, 11) is 0. The SMILES string of the molecule is CCNC(CC)CN1CCCC(C(F)(F)F)C1. The van der Waals surface area contributed by atoms with Gasteiger partial charge in [-0.25, -0.2) is 0 Å². The van der Waals surface area contributed by atoms with E-state index in [0.29, 0.717) is 12.5 Å². The molecule has 0 spiro atoms. The Kier molecular flexibility index (Phi) is 5.73. The summed E-state index contributed by atoms with van der Waals surface area (Å²) in [6.07, 6.45) is -2.12. The van der Waals surface area contributed by atoms with Crippen molar-refractivity contribution >= 4 is 0 Å². The van der Waals surface area contributed by atoms with E-state index in [1.807, 2.05) is 11.8 Å². The molecule has 1 fully saturated rings. The van der Waals surface area contributed by atoms with Crippen LogP contribution in [0.15, 0.2) is 0 Å². The molecule has 2 nitrogen and oxygen atoms in total. The Morgan fingerprint density at radius 3 is 2.59 bits per heavy atom. The van der Waals surface area contributed by atoms with Crippen LogP contribution in [-0.4, -0.2) is 43.3 Å². The van der Waals surface area contributed by atoms with Crippen molar-refractivity contribution in [2.45, 2.75) is 45.3 Å². The van der Waals surface area contributed by atoms with Crippen molar-refractivity contribution in [1.82, 2.24) is 10.2 Å². The largest absolute Gasteiger partial charge is 0.393 e. The van der Waals surface area contributed by atoms with Crippen molar-refractivity contribution in [2.24, 2.45) is 5.92 Å². The lowest BCUT2D eigenvalue weighted by Gasteiger charge is -2.35. The molecule has 0 aliphatic carbocycles. The van der Waals surface area contributed by atoms with Gasteiger partial charge in [0.25, 0.3) is 0 Å². The number of hydrogen-bond acceptors (Lipinski definition) is 2. The first-order valence-corrected chi connectivity index (χ1v) is 6.49. The minimum atomic E-state index is -4.03. The van der Waals surface area contributed by atoms with Crippen LogP contribution in [-0.2, 0) is 0 Å². The van der Waals surface area contributed by atoms with Crippen LogP contribution in [0.5, 0.6) is 0 Å². The average Bonchev–Trinajstić information content (AvgIpc) is 2.28. The van der Waals surface area contributed by atoms with Crippen molar-refractivity contribution in [1.29, 1.82) is 0 Å². The highest BCUT2D eigenvalue weighted by Crippen LogP contribution is 2.33. The second-order valence-corrected chi connectivity index (χ2v) is 4.80. The van der Waals surface area contributed by atoms with Gasteiger partial charge in [-0.2, -0.15) is 13.2 Å². The smallest absolute Gasteiger partial charge is 0.313 e. The van der Waals surface area contributed by atoms with E-state index >= 15 is 0 Å². The van der Waals surface area contributed by atoms with Gasteiger partial charge in [-0.3, -0.25) is 0 Å². The highest BCUT2D eigenvalue weighted by Gasteiger charge is 2.41. The number of alkyl halides is 3. The van der Waals surface area contributed by atoms with E-state index in [2.05, 4.69) is 12.2 Å². The molecule has 1 aliphatic rings. The third-order valence-corrected chi connectivity index (χ3v) is 3.43. The predicted molar refractivity (Wildman–Crippen MR) is 63.0 cm³/mol. The summed E-state index contributed by atoms with van der Waals surface area (Å²) in [5.74, 6) is -1.13. The van der Waals surface area contributed by atoms with Gasteiger partial charge in [0.1, 0.15) is 0 Å². The standard InChI is InChI=1S/C12H23F3N2/c1-3-11(16-4-2)9-17-7-5-6-10(8-17)12(13,14)15/h10-11,16H,3-9H2,1-2H3. The summed E-state index contributed by atoms with van der Waals surface area (Å²) in [4.78, 5) is 1.96. The third-order valence-electron chi connectivity index (χ3n) is 3.43. The van der Waals surface area contributed by atoms with Gasteiger partial charge >= 0.3 is 6.18 Å². The van der Waals surface area contributed by atoms with E-state index in [9.17, 15) is 13.2 Å². The molecule has 1 rings (SSSR count). The zero-order chi connectivity index (χ0) is 12.9. The Morgan fingerprint density at radius 1 is 1.35 bits per heavy atom. The molecule has 2 unspecified atom stereocenters. The molecule has 0 radical (unpaired) electrons. The Labute approximate surface area is 102 Å². The van der Waals surface area contributed by atoms with Crippen LogP contribution >= 0.6 is 0 Å². The fraction of sp³-hybridized carbons (Fsp3) is 1.00. The van der Waals surface area contributed by atoms with Crippen LogP contribution in [0, 0.1) is 5.92 Å². The Bertz CT molecular complexity index is 218. The summed E-state index contributed by atoms with van der Waals surface area (Å²) in [6.45, 7) is 6.67. The third kappa shape index (κ3) is 4.84. The number of nitrogens with one attached hydrogen (secondary N) is 1. The lowest BCUT2D eigenvalue weighted by molar-refractivity contribution is -0.186. The Balaban J connectivity index is 2.43. The molecular formula is C12H23F3N2. The molecular weight excluding hydrogens is 229 g/mol. The molecule has 1 heterocycles. The van der Waals surface area contributed by atoms with Gasteiger partial charge in [0.05, 0.1) is 5.92 Å². The fourth-order valence-corrected chi connectivity index (χ4v) is 2.43. The number of rotatable bonds is 5. The van der Waals surface area contributed by atoms with E-state index < -0.39 is 12.1 Å². The van der Waals surface area contributed by atoms with Gasteiger partial charge in [0, 0.05) is 19.1 Å². The fourth-order valence-electron chi connectivity index (χ4n) is 2.43. The van der Waals surface area contributed by atoms with Gasteiger partial charge in [-0.15, -0.1) is 0 Å². The number of halogens is 3. The molecule has 1 aliphatic heterocycles. The molecule has 0 bridgehead atoms. The van der Waals surface area contributed by atoms with Gasteiger partial charge < -0.3 is 10.2 Å². The lowest BCUT2D eigenvalue weighted by atomic mass is 9.97. The number of likely N-dealkylation sites (tertiary alicyclic amines) is 1. The van der Waals surface area contributed by atoms with Gasteiger partial charge in [-0.1, -0.05) is 13.8 Å². The zero-order valence-electron chi connectivity index (χ0n) is 10.7. The Hall–Kier alpha value is -0.290. The minimum Gasteiger partial charge on any atom is -0.313 e. The summed E-state index contributed by atoms with van der Waals surface area (Å²) >= 11 is 0. The molecule has 1 N–H and O–H groups in total. The van der Waals surface area contributed by atoms with Crippen LogP contribution in [0.25, 0.3) is 0 Å². The molecule has 17 heavy (non-hydrogen) atoms. The van der Waals surface area contributed by atoms with E-state index in [0.717, 1.165) is 26.1 Å². The van der Waals surface area contributed by atoms with Crippen molar-refractivity contribution in [3.8, 4) is 0 Å². The molecule has 0 aromatic rings. The highest BCUT2D eigenvalue weighted by molar-refractivity contribution is 4.80. The van der Waals surface area contributed by atoms with Crippen molar-refractivity contribution in [3.05, 3.63) is 0 Å². The van der Waals surface area contributed by atoms with Crippen LogP contribution in [0.1, 0.15) is 33.1 Å². The molecule has 2 atom stereocenters. The maximum atomic E-state index is 12.6. The first-order chi connectivity index (χ1) is 7.97. The molecule has 102 valence electrons. The monoisotopic (exact) mass is 252 g/mol. The summed E-state index contributed by atoms with van der Waals surface area (Å²) < 4.78 is 37.9. The Morgan fingerprint density at radius 2 is 2.06 bits per heavy atom. The van der Waals surface area contributed by atoms with Gasteiger partial charge in [0.15, 0.2) is 0 Å². The molecule has 0 aromatic carbocycles. The topological polar surface area (TPSA) is 15.3 Å². The molecule has 1 saturated heterocycles. The summed E-state index contributed by atoms with van der Waals surface area (Å²) in [5, 5.41) is 3.31. The van der Waals surface area contributed by atoms with Crippen LogP contribution in [0.4, 0.5) is 13.2 Å². The first kappa shape index (κ1) is 14.8. The summed E-state index contributed by atoms with van der Waals surface area (Å²) in [6, 6.07) is 0.312.